The minimum Gasteiger partial charge on any atom is -0.507 e. The number of hydrogen-bond donors (Lipinski definition) is 1. The van der Waals surface area contributed by atoms with Crippen molar-refractivity contribution in [2.24, 2.45) is 0 Å². The minimum atomic E-state index is -0.905. The van der Waals surface area contributed by atoms with Crippen LogP contribution in [0.1, 0.15) is 17.2 Å². The van der Waals surface area contributed by atoms with Crippen LogP contribution in [0.25, 0.3) is 5.76 Å². The number of Topliss-reactive ketones (excluding diaryl/α,β-unsaturated/α-hetero) is 1. The van der Waals surface area contributed by atoms with E-state index < -0.39 is 23.5 Å². The zero-order valence-electron chi connectivity index (χ0n) is 17.9. The first kappa shape index (κ1) is 20.8. The molecule has 2 heterocycles. The number of halogens is 1. The number of carbonyl (C=O) groups excluding carboxylic acids is 2. The molecule has 0 aromatic heterocycles. The predicted octanol–water partition coefficient (Wildman–Crippen LogP) is 4.28. The van der Waals surface area contributed by atoms with Gasteiger partial charge in [-0.15, -0.1) is 0 Å². The summed E-state index contributed by atoms with van der Waals surface area (Å²) < 4.78 is 19.7. The monoisotopic (exact) mass is 444 g/mol. The largest absolute Gasteiger partial charge is 0.507 e. The lowest BCUT2D eigenvalue weighted by molar-refractivity contribution is -0.132. The summed E-state index contributed by atoms with van der Waals surface area (Å²) in [5, 5.41) is 11.3. The Morgan fingerprint density at radius 2 is 1.82 bits per heavy atom. The highest BCUT2D eigenvalue weighted by Gasteiger charge is 2.47. The number of amides is 1. The number of aliphatic hydroxyl groups excluding tert-OH is 1. The third-order valence-corrected chi connectivity index (χ3v) is 5.97. The van der Waals surface area contributed by atoms with Gasteiger partial charge < -0.3 is 14.7 Å². The molecule has 5 rings (SSSR count). The number of rotatable bonds is 3. The molecular weight excluding hydrogens is 423 g/mol. The number of fused-ring (bicyclic) bond motifs is 1. The Morgan fingerprint density at radius 3 is 2.58 bits per heavy atom. The second kappa shape index (κ2) is 8.09. The summed E-state index contributed by atoms with van der Waals surface area (Å²) in [4.78, 5) is 29.5. The standard InChI is InChI=1S/C26H21FN2O4/c1-28-12-13-33-21-11-10-17(14-20(21)28)24(30)22-23(16-6-3-2-4-7-16)29(26(32)25(22)31)19-9-5-8-18(27)15-19/h2-11,14-15,23,30H,12-13H2,1H3/b24-22-. The first-order valence-corrected chi connectivity index (χ1v) is 10.6. The molecule has 1 N–H and O–H groups in total. The van der Waals surface area contributed by atoms with Gasteiger partial charge in [0.1, 0.15) is 23.9 Å². The van der Waals surface area contributed by atoms with Crippen molar-refractivity contribution in [1.82, 2.24) is 0 Å². The zero-order valence-corrected chi connectivity index (χ0v) is 17.9. The van der Waals surface area contributed by atoms with E-state index in [-0.39, 0.29) is 17.0 Å². The number of anilines is 2. The molecule has 1 amide bonds. The average molecular weight is 444 g/mol. The van der Waals surface area contributed by atoms with Gasteiger partial charge in [-0.1, -0.05) is 36.4 Å². The molecule has 7 heteroatoms. The molecule has 33 heavy (non-hydrogen) atoms. The molecule has 1 unspecified atom stereocenters. The maximum Gasteiger partial charge on any atom is 0.300 e. The topological polar surface area (TPSA) is 70.1 Å². The fourth-order valence-corrected chi connectivity index (χ4v) is 4.33. The van der Waals surface area contributed by atoms with Gasteiger partial charge in [-0.2, -0.15) is 0 Å². The summed E-state index contributed by atoms with van der Waals surface area (Å²) in [6, 6.07) is 18.7. The van der Waals surface area contributed by atoms with Crippen molar-refractivity contribution >= 4 is 28.8 Å². The molecule has 0 saturated carbocycles. The molecule has 6 nitrogen and oxygen atoms in total. The molecule has 1 atom stereocenters. The van der Waals surface area contributed by atoms with Crippen molar-refractivity contribution in [2.45, 2.75) is 6.04 Å². The number of likely N-dealkylation sites (N-methyl/N-ethyl adjacent to an activating group) is 1. The number of ether oxygens (including phenoxy) is 1. The third kappa shape index (κ3) is 3.51. The predicted molar refractivity (Wildman–Crippen MR) is 123 cm³/mol. The second-order valence-corrected chi connectivity index (χ2v) is 8.01. The number of nitrogens with zero attached hydrogens (tertiary/aromatic N) is 2. The Hall–Kier alpha value is -4.13. The van der Waals surface area contributed by atoms with Crippen molar-refractivity contribution in [1.29, 1.82) is 0 Å². The molecule has 0 bridgehead atoms. The molecule has 0 aliphatic carbocycles. The molecule has 3 aromatic carbocycles. The van der Waals surface area contributed by atoms with E-state index in [4.69, 9.17) is 4.74 Å². The van der Waals surface area contributed by atoms with E-state index >= 15 is 0 Å². The normalized spacial score (nSPS) is 19.4. The lowest BCUT2D eigenvalue weighted by atomic mass is 9.95. The maximum atomic E-state index is 14.0. The van der Waals surface area contributed by atoms with Crippen LogP contribution in [0.15, 0.2) is 78.4 Å². The Balaban J connectivity index is 1.70. The van der Waals surface area contributed by atoms with E-state index in [1.165, 1.54) is 23.1 Å². The molecule has 2 aliphatic rings. The number of ketones is 1. The number of carbonyl (C=O) groups is 2. The van der Waals surface area contributed by atoms with E-state index in [2.05, 4.69) is 0 Å². The number of benzene rings is 3. The van der Waals surface area contributed by atoms with Gasteiger partial charge in [-0.25, -0.2) is 4.39 Å². The van der Waals surface area contributed by atoms with E-state index in [1.54, 1.807) is 48.5 Å². The molecule has 0 spiro atoms. The summed E-state index contributed by atoms with van der Waals surface area (Å²) >= 11 is 0. The van der Waals surface area contributed by atoms with Gasteiger partial charge in [0.15, 0.2) is 0 Å². The van der Waals surface area contributed by atoms with Gasteiger partial charge in [-0.05, 0) is 42.0 Å². The van der Waals surface area contributed by atoms with Crippen molar-refractivity contribution in [3.05, 3.63) is 95.3 Å². The van der Waals surface area contributed by atoms with Gasteiger partial charge in [0.25, 0.3) is 11.7 Å². The van der Waals surface area contributed by atoms with Crippen LogP contribution in [0.5, 0.6) is 5.75 Å². The first-order valence-electron chi connectivity index (χ1n) is 10.6. The van der Waals surface area contributed by atoms with E-state index in [9.17, 15) is 19.1 Å². The third-order valence-electron chi connectivity index (χ3n) is 5.97. The fourth-order valence-electron chi connectivity index (χ4n) is 4.33. The van der Waals surface area contributed by atoms with Crippen molar-refractivity contribution in [3.63, 3.8) is 0 Å². The second-order valence-electron chi connectivity index (χ2n) is 8.01. The van der Waals surface area contributed by atoms with Gasteiger partial charge in [-0.3, -0.25) is 14.5 Å². The molecular formula is C26H21FN2O4. The average Bonchev–Trinajstić information content (AvgIpc) is 3.10. The summed E-state index contributed by atoms with van der Waals surface area (Å²) in [6.45, 7) is 1.24. The lowest BCUT2D eigenvalue weighted by Gasteiger charge is -2.28. The Bertz CT molecular complexity index is 1290. The molecule has 1 saturated heterocycles. The Labute approximate surface area is 190 Å². The van der Waals surface area contributed by atoms with Crippen molar-refractivity contribution in [2.75, 3.05) is 30.0 Å². The molecule has 3 aromatic rings. The molecule has 2 aliphatic heterocycles. The van der Waals surface area contributed by atoms with Crippen molar-refractivity contribution < 1.29 is 23.8 Å². The highest BCUT2D eigenvalue weighted by atomic mass is 19.1. The van der Waals surface area contributed by atoms with E-state index in [0.29, 0.717) is 30.0 Å². The van der Waals surface area contributed by atoms with Crippen LogP contribution in [0.3, 0.4) is 0 Å². The zero-order chi connectivity index (χ0) is 23.1. The van der Waals surface area contributed by atoms with Gasteiger partial charge >= 0.3 is 0 Å². The van der Waals surface area contributed by atoms with Crippen LogP contribution >= 0.6 is 0 Å². The van der Waals surface area contributed by atoms with E-state index in [1.807, 2.05) is 18.0 Å². The maximum absolute atomic E-state index is 14.0. The van der Waals surface area contributed by atoms with Crippen LogP contribution in [0, 0.1) is 5.82 Å². The smallest absolute Gasteiger partial charge is 0.300 e. The first-order chi connectivity index (χ1) is 16.0. The highest BCUT2D eigenvalue weighted by Crippen LogP contribution is 2.43. The summed E-state index contributed by atoms with van der Waals surface area (Å²) in [6.07, 6.45) is 0. The number of hydrogen-bond acceptors (Lipinski definition) is 5. The highest BCUT2D eigenvalue weighted by molar-refractivity contribution is 6.51. The van der Waals surface area contributed by atoms with Crippen LogP contribution in [-0.4, -0.2) is 37.0 Å². The minimum absolute atomic E-state index is 0.0465. The SMILES string of the molecule is CN1CCOc2ccc(/C(O)=C3/C(=O)C(=O)N(c4cccc(F)c4)C3c3ccccc3)cc21. The molecule has 0 radical (unpaired) electrons. The van der Waals surface area contributed by atoms with Crippen molar-refractivity contribution in [3.8, 4) is 5.75 Å². The van der Waals surface area contributed by atoms with Crippen LogP contribution in [0.2, 0.25) is 0 Å². The van der Waals surface area contributed by atoms with Gasteiger partial charge in [0, 0.05) is 18.3 Å². The quantitative estimate of drug-likeness (QED) is 0.371. The Kier molecular flexibility index (Phi) is 5.09. The van der Waals surface area contributed by atoms with Crippen LogP contribution in [-0.2, 0) is 9.59 Å². The van der Waals surface area contributed by atoms with Gasteiger partial charge in [0.2, 0.25) is 0 Å². The van der Waals surface area contributed by atoms with Crippen LogP contribution < -0.4 is 14.5 Å². The van der Waals surface area contributed by atoms with Gasteiger partial charge in [0.05, 0.1) is 23.8 Å². The fraction of sp³-hybridized carbons (Fsp3) is 0.154. The van der Waals surface area contributed by atoms with Crippen LogP contribution in [0.4, 0.5) is 15.8 Å². The molecule has 1 fully saturated rings. The Morgan fingerprint density at radius 1 is 1.03 bits per heavy atom. The summed E-state index contributed by atoms with van der Waals surface area (Å²) in [5.74, 6) is -1.79. The summed E-state index contributed by atoms with van der Waals surface area (Å²) in [5.41, 5.74) is 1.99. The summed E-state index contributed by atoms with van der Waals surface area (Å²) in [7, 11) is 1.91. The lowest BCUT2D eigenvalue weighted by Crippen LogP contribution is -2.29. The van der Waals surface area contributed by atoms with E-state index in [0.717, 1.165) is 5.69 Å². The number of aliphatic hydroxyl groups is 1. The molecule has 166 valence electrons.